The summed E-state index contributed by atoms with van der Waals surface area (Å²) in [6.45, 7) is 5.69. The number of methoxy groups -OCH3 is 1. The number of nitrogens with one attached hydrogen (secondary N) is 2. The molecule has 2 amide bonds. The third-order valence-corrected chi connectivity index (χ3v) is 4.19. The maximum Gasteiger partial charge on any atom is 0.253 e. The van der Waals surface area contributed by atoms with Gasteiger partial charge in [-0.2, -0.15) is 0 Å². The largest absolute Gasteiger partial charge is 0.497 e. The molecule has 28 heavy (non-hydrogen) atoms. The van der Waals surface area contributed by atoms with Crippen LogP contribution in [-0.4, -0.2) is 43.5 Å². The zero-order valence-corrected chi connectivity index (χ0v) is 16.8. The Morgan fingerprint density at radius 2 is 1.64 bits per heavy atom. The second kappa shape index (κ2) is 11.0. The summed E-state index contributed by atoms with van der Waals surface area (Å²) in [5.41, 5.74) is 1.99. The lowest BCUT2D eigenvalue weighted by molar-refractivity contribution is -0.114. The molecule has 0 fully saturated rings. The number of hydrogen-bond acceptors (Lipinski definition) is 4. The van der Waals surface area contributed by atoms with Crippen LogP contribution in [0.5, 0.6) is 5.75 Å². The van der Waals surface area contributed by atoms with Crippen molar-refractivity contribution in [2.45, 2.75) is 26.7 Å². The molecule has 0 saturated heterocycles. The summed E-state index contributed by atoms with van der Waals surface area (Å²) in [5.74, 6) is 0.529. The van der Waals surface area contributed by atoms with Gasteiger partial charge in [-0.05, 0) is 43.2 Å². The average Bonchev–Trinajstić information content (AvgIpc) is 2.72. The van der Waals surface area contributed by atoms with E-state index < -0.39 is 0 Å². The van der Waals surface area contributed by atoms with Crippen molar-refractivity contribution >= 4 is 23.2 Å². The van der Waals surface area contributed by atoms with Crippen LogP contribution in [0.15, 0.2) is 48.5 Å². The molecule has 0 heterocycles. The lowest BCUT2D eigenvalue weighted by Gasteiger charge is -2.21. The van der Waals surface area contributed by atoms with Crippen LogP contribution in [0.2, 0.25) is 0 Å². The fraction of sp³-hybridized carbons (Fsp3) is 0.364. The van der Waals surface area contributed by atoms with Crippen molar-refractivity contribution in [2.24, 2.45) is 0 Å². The topological polar surface area (TPSA) is 70.7 Å². The Bertz CT molecular complexity index is 786. The first-order chi connectivity index (χ1) is 13.6. The minimum Gasteiger partial charge on any atom is -0.497 e. The Kier molecular flexibility index (Phi) is 8.34. The van der Waals surface area contributed by atoms with Crippen LogP contribution in [0.1, 0.15) is 37.0 Å². The first kappa shape index (κ1) is 21.3. The first-order valence-corrected chi connectivity index (χ1v) is 9.64. The number of rotatable bonds is 10. The first-order valence-electron chi connectivity index (χ1n) is 9.64. The van der Waals surface area contributed by atoms with Gasteiger partial charge in [0.1, 0.15) is 5.75 Å². The Morgan fingerprint density at radius 3 is 2.32 bits per heavy atom. The van der Waals surface area contributed by atoms with E-state index in [-0.39, 0.29) is 18.4 Å². The van der Waals surface area contributed by atoms with Crippen molar-refractivity contribution in [3.63, 3.8) is 0 Å². The van der Waals surface area contributed by atoms with E-state index in [2.05, 4.69) is 24.5 Å². The van der Waals surface area contributed by atoms with Gasteiger partial charge in [-0.25, -0.2) is 0 Å². The Labute approximate surface area is 166 Å². The zero-order valence-electron chi connectivity index (χ0n) is 16.8. The summed E-state index contributed by atoms with van der Waals surface area (Å²) in [6.07, 6.45) is 1.83. The van der Waals surface area contributed by atoms with E-state index in [0.717, 1.165) is 37.4 Å². The summed E-state index contributed by atoms with van der Waals surface area (Å²) in [5, 5.41) is 5.90. The van der Waals surface area contributed by atoms with Gasteiger partial charge in [-0.1, -0.05) is 26.0 Å². The Morgan fingerprint density at radius 1 is 0.964 bits per heavy atom. The van der Waals surface area contributed by atoms with Gasteiger partial charge in [0.05, 0.1) is 13.7 Å². The smallest absolute Gasteiger partial charge is 0.253 e. The van der Waals surface area contributed by atoms with Gasteiger partial charge in [0.25, 0.3) is 5.91 Å². The SMILES string of the molecule is CCCN(CCC)C(=O)c1cccc(NC(=O)CNc2cccc(OC)c2)c1. The number of benzene rings is 2. The number of carbonyl (C=O) groups is 2. The molecule has 0 aliphatic carbocycles. The van der Waals surface area contributed by atoms with Crippen LogP contribution >= 0.6 is 0 Å². The molecule has 0 unspecified atom stereocenters. The van der Waals surface area contributed by atoms with E-state index >= 15 is 0 Å². The fourth-order valence-corrected chi connectivity index (χ4v) is 2.89. The molecule has 0 aromatic heterocycles. The van der Waals surface area contributed by atoms with Crippen LogP contribution in [0, 0.1) is 0 Å². The number of carbonyl (C=O) groups excluding carboxylic acids is 2. The number of nitrogens with zero attached hydrogens (tertiary/aromatic N) is 1. The normalized spacial score (nSPS) is 10.2. The van der Waals surface area contributed by atoms with E-state index in [4.69, 9.17) is 4.74 Å². The van der Waals surface area contributed by atoms with Crippen LogP contribution in [-0.2, 0) is 4.79 Å². The highest BCUT2D eigenvalue weighted by molar-refractivity contribution is 5.98. The molecule has 0 aliphatic heterocycles. The summed E-state index contributed by atoms with van der Waals surface area (Å²) in [6, 6.07) is 14.5. The van der Waals surface area contributed by atoms with Crippen molar-refractivity contribution < 1.29 is 14.3 Å². The molecule has 0 bridgehead atoms. The third-order valence-electron chi connectivity index (χ3n) is 4.19. The minimum absolute atomic E-state index is 0.00527. The van der Waals surface area contributed by atoms with Gasteiger partial charge in [0.15, 0.2) is 0 Å². The fourth-order valence-electron chi connectivity index (χ4n) is 2.89. The molecule has 2 N–H and O–H groups in total. The standard InChI is InChI=1S/C22H29N3O3/c1-4-12-25(13-5-2)22(27)17-8-6-10-19(14-17)24-21(26)16-23-18-9-7-11-20(15-18)28-3/h6-11,14-15,23H,4-5,12-13,16H2,1-3H3,(H,24,26). The van der Waals surface area contributed by atoms with Crippen molar-refractivity contribution in [3.05, 3.63) is 54.1 Å². The monoisotopic (exact) mass is 383 g/mol. The summed E-state index contributed by atoms with van der Waals surface area (Å²) in [4.78, 5) is 26.8. The molecule has 6 heteroatoms. The second-order valence-corrected chi connectivity index (χ2v) is 6.51. The van der Waals surface area contributed by atoms with Crippen molar-refractivity contribution in [1.82, 2.24) is 4.90 Å². The molecule has 2 aromatic rings. The highest BCUT2D eigenvalue weighted by Gasteiger charge is 2.15. The van der Waals surface area contributed by atoms with Gasteiger partial charge in [-0.3, -0.25) is 9.59 Å². The zero-order chi connectivity index (χ0) is 20.4. The number of hydrogen-bond donors (Lipinski definition) is 2. The van der Waals surface area contributed by atoms with E-state index in [0.29, 0.717) is 11.3 Å². The number of amides is 2. The quantitative estimate of drug-likeness (QED) is 0.650. The van der Waals surface area contributed by atoms with Gasteiger partial charge >= 0.3 is 0 Å². The Hall–Kier alpha value is -3.02. The van der Waals surface area contributed by atoms with Crippen LogP contribution < -0.4 is 15.4 Å². The molecule has 0 atom stereocenters. The van der Waals surface area contributed by atoms with Crippen molar-refractivity contribution in [2.75, 3.05) is 37.4 Å². The molecule has 6 nitrogen and oxygen atoms in total. The van der Waals surface area contributed by atoms with Gasteiger partial charge in [0.2, 0.25) is 5.91 Å². The van der Waals surface area contributed by atoms with Crippen molar-refractivity contribution in [1.29, 1.82) is 0 Å². The van der Waals surface area contributed by atoms with E-state index in [1.165, 1.54) is 0 Å². The molecule has 0 aliphatic rings. The van der Waals surface area contributed by atoms with E-state index in [1.807, 2.05) is 29.2 Å². The highest BCUT2D eigenvalue weighted by Crippen LogP contribution is 2.17. The molecule has 150 valence electrons. The molecule has 2 aromatic carbocycles. The number of anilines is 2. The summed E-state index contributed by atoms with van der Waals surface area (Å²) < 4.78 is 5.17. The van der Waals surface area contributed by atoms with Crippen LogP contribution in [0.4, 0.5) is 11.4 Å². The predicted octanol–water partition coefficient (Wildman–Crippen LogP) is 4.01. The average molecular weight is 383 g/mol. The van der Waals surface area contributed by atoms with Crippen LogP contribution in [0.3, 0.4) is 0 Å². The molecular formula is C22H29N3O3. The second-order valence-electron chi connectivity index (χ2n) is 6.51. The van der Waals surface area contributed by atoms with E-state index in [9.17, 15) is 9.59 Å². The molecule has 0 saturated carbocycles. The lowest BCUT2D eigenvalue weighted by Crippen LogP contribution is -2.32. The van der Waals surface area contributed by atoms with Gasteiger partial charge in [0, 0.05) is 36.1 Å². The Balaban J connectivity index is 1.97. The lowest BCUT2D eigenvalue weighted by atomic mass is 10.1. The third kappa shape index (κ3) is 6.30. The maximum atomic E-state index is 12.7. The van der Waals surface area contributed by atoms with E-state index in [1.54, 1.807) is 31.4 Å². The molecular weight excluding hydrogens is 354 g/mol. The molecule has 2 rings (SSSR count). The van der Waals surface area contributed by atoms with Crippen molar-refractivity contribution in [3.8, 4) is 5.75 Å². The number of ether oxygens (including phenoxy) is 1. The summed E-state index contributed by atoms with van der Waals surface area (Å²) >= 11 is 0. The highest BCUT2D eigenvalue weighted by atomic mass is 16.5. The maximum absolute atomic E-state index is 12.7. The van der Waals surface area contributed by atoms with Crippen LogP contribution in [0.25, 0.3) is 0 Å². The predicted molar refractivity (Wildman–Crippen MR) is 113 cm³/mol. The molecule has 0 radical (unpaired) electrons. The minimum atomic E-state index is -0.189. The van der Waals surface area contributed by atoms with Gasteiger partial charge in [-0.15, -0.1) is 0 Å². The van der Waals surface area contributed by atoms with Gasteiger partial charge < -0.3 is 20.3 Å². The summed E-state index contributed by atoms with van der Waals surface area (Å²) in [7, 11) is 1.60. The molecule has 0 spiro atoms.